The molecule has 0 radical (unpaired) electrons. The number of nitrogens with zero attached hydrogens (tertiary/aromatic N) is 4. The molecular formula is C42H51N7. The van der Waals surface area contributed by atoms with Crippen molar-refractivity contribution >= 4 is 28.5 Å². The first-order valence-corrected chi connectivity index (χ1v) is 17.9. The molecular weight excluding hydrogens is 603 g/mol. The van der Waals surface area contributed by atoms with Crippen molar-refractivity contribution in [3.05, 3.63) is 139 Å². The molecule has 49 heavy (non-hydrogen) atoms. The summed E-state index contributed by atoms with van der Waals surface area (Å²) in [5, 5.41) is 20.3. The topological polar surface area (TPSA) is 72.7 Å². The van der Waals surface area contributed by atoms with Crippen LogP contribution in [0.2, 0.25) is 0 Å². The van der Waals surface area contributed by atoms with Crippen LogP contribution in [0.15, 0.2) is 127 Å². The highest BCUT2D eigenvalue weighted by Gasteiger charge is 2.28. The summed E-state index contributed by atoms with van der Waals surface area (Å²) in [5.74, 6) is 0.367. The molecule has 4 heterocycles. The lowest BCUT2D eigenvalue weighted by Crippen LogP contribution is -2.53. The number of piperidine rings is 2. The molecule has 0 saturated carbocycles. The number of allylic oxidation sites excluding steroid dienone is 4. The van der Waals surface area contributed by atoms with Gasteiger partial charge in [-0.25, -0.2) is 0 Å². The standard InChI is InChI=1S/C40H45N7.C2H6/c1-29-8-17-37(30(2)43-29)31-9-11-33(12-10-31)44-21-18-35(19-22-44)46-26-24-45(25-27-46)34-13-15-36(16-14-34)47-23-20-38(41)40(47)28-39(42)32-6-4-3-5-7-32;1-2/h3-7,9-16,20,23,28,35,37,41-43H,1-2,8,17-19,21-22,24-27H2;1-2H3/b40-28+,41-38?,42-39?;. The molecule has 4 aliphatic rings. The van der Waals surface area contributed by atoms with Crippen LogP contribution in [-0.2, 0) is 0 Å². The lowest BCUT2D eigenvalue weighted by Gasteiger charge is -2.44. The minimum absolute atomic E-state index is 0.367. The monoisotopic (exact) mass is 653 g/mol. The van der Waals surface area contributed by atoms with E-state index in [4.69, 9.17) is 10.8 Å². The summed E-state index contributed by atoms with van der Waals surface area (Å²) in [6.07, 6.45) is 10.0. The summed E-state index contributed by atoms with van der Waals surface area (Å²) in [4.78, 5) is 9.76. The van der Waals surface area contributed by atoms with Gasteiger partial charge in [0.25, 0.3) is 0 Å². The quantitative estimate of drug-likeness (QED) is 0.224. The third-order valence-electron chi connectivity index (χ3n) is 10.2. The highest BCUT2D eigenvalue weighted by Crippen LogP contribution is 2.34. The fourth-order valence-electron chi connectivity index (χ4n) is 7.47. The van der Waals surface area contributed by atoms with Crippen LogP contribution in [0.5, 0.6) is 0 Å². The van der Waals surface area contributed by atoms with E-state index in [-0.39, 0.29) is 0 Å². The average Bonchev–Trinajstić information content (AvgIpc) is 3.52. The second-order valence-electron chi connectivity index (χ2n) is 13.1. The van der Waals surface area contributed by atoms with Crippen molar-refractivity contribution in [2.45, 2.75) is 51.5 Å². The summed E-state index contributed by atoms with van der Waals surface area (Å²) >= 11 is 0. The van der Waals surface area contributed by atoms with E-state index in [1.54, 1.807) is 12.2 Å². The van der Waals surface area contributed by atoms with E-state index >= 15 is 0 Å². The van der Waals surface area contributed by atoms with Gasteiger partial charge in [0.1, 0.15) is 0 Å². The van der Waals surface area contributed by atoms with Gasteiger partial charge in [0, 0.05) is 85.9 Å². The van der Waals surface area contributed by atoms with Gasteiger partial charge in [-0.2, -0.15) is 0 Å². The Morgan fingerprint density at radius 1 is 0.755 bits per heavy atom. The molecule has 3 aromatic rings. The number of piperazine rings is 1. The summed E-state index contributed by atoms with van der Waals surface area (Å²) in [6.45, 7) is 18.7. The SMILES string of the molecule is C=C1CCC(c2ccc(N3CCC(N4CCN(c5ccc(N6C=CC(=N)/C6=C\C(=N)c6ccccc6)cc5)CC4)CC3)cc2)C(=C)N1.CC. The Labute approximate surface area is 292 Å². The van der Waals surface area contributed by atoms with E-state index in [2.05, 4.69) is 81.7 Å². The van der Waals surface area contributed by atoms with Crippen molar-refractivity contribution in [1.82, 2.24) is 10.2 Å². The van der Waals surface area contributed by atoms with Gasteiger partial charge in [-0.15, -0.1) is 0 Å². The predicted octanol–water partition coefficient (Wildman–Crippen LogP) is 8.30. The van der Waals surface area contributed by atoms with Crippen LogP contribution in [0.25, 0.3) is 0 Å². The van der Waals surface area contributed by atoms with Crippen LogP contribution in [0.4, 0.5) is 17.1 Å². The van der Waals surface area contributed by atoms with E-state index in [0.717, 1.165) is 80.5 Å². The van der Waals surface area contributed by atoms with Crippen LogP contribution < -0.4 is 20.0 Å². The van der Waals surface area contributed by atoms with Gasteiger partial charge in [0.15, 0.2) is 0 Å². The van der Waals surface area contributed by atoms with Gasteiger partial charge >= 0.3 is 0 Å². The van der Waals surface area contributed by atoms with Gasteiger partial charge < -0.3 is 25.4 Å². The largest absolute Gasteiger partial charge is 0.371 e. The van der Waals surface area contributed by atoms with E-state index in [9.17, 15) is 0 Å². The fourth-order valence-corrected chi connectivity index (χ4v) is 7.47. The number of anilines is 3. The minimum Gasteiger partial charge on any atom is -0.371 e. The summed E-state index contributed by atoms with van der Waals surface area (Å²) in [5.41, 5.74) is 9.44. The van der Waals surface area contributed by atoms with Crippen LogP contribution in [0, 0.1) is 10.8 Å². The van der Waals surface area contributed by atoms with Crippen molar-refractivity contribution in [3.8, 4) is 0 Å². The average molecular weight is 654 g/mol. The van der Waals surface area contributed by atoms with Gasteiger partial charge in [-0.05, 0) is 85.4 Å². The van der Waals surface area contributed by atoms with E-state index in [1.807, 2.05) is 55.3 Å². The Kier molecular flexibility index (Phi) is 10.8. The summed E-state index contributed by atoms with van der Waals surface area (Å²) < 4.78 is 0. The van der Waals surface area contributed by atoms with Crippen molar-refractivity contribution in [2.75, 3.05) is 54.0 Å². The predicted molar refractivity (Wildman–Crippen MR) is 207 cm³/mol. The third-order valence-corrected chi connectivity index (χ3v) is 10.2. The Balaban J connectivity index is 0.00000205. The minimum atomic E-state index is 0.367. The molecule has 254 valence electrons. The van der Waals surface area contributed by atoms with E-state index in [0.29, 0.717) is 23.4 Å². The number of hydrogen-bond donors (Lipinski definition) is 3. The summed E-state index contributed by atoms with van der Waals surface area (Å²) in [7, 11) is 0. The van der Waals surface area contributed by atoms with Crippen molar-refractivity contribution in [2.24, 2.45) is 0 Å². The van der Waals surface area contributed by atoms with Crippen molar-refractivity contribution < 1.29 is 0 Å². The molecule has 7 nitrogen and oxygen atoms in total. The van der Waals surface area contributed by atoms with Crippen LogP contribution >= 0.6 is 0 Å². The molecule has 3 aromatic carbocycles. The van der Waals surface area contributed by atoms with Gasteiger partial charge in [-0.3, -0.25) is 10.3 Å². The molecule has 7 heteroatoms. The zero-order chi connectivity index (χ0) is 34.3. The van der Waals surface area contributed by atoms with Gasteiger partial charge in [0.05, 0.1) is 17.1 Å². The first-order chi connectivity index (χ1) is 23.9. The molecule has 0 aliphatic carbocycles. The zero-order valence-electron chi connectivity index (χ0n) is 29.2. The molecule has 7 rings (SSSR count). The number of nitrogens with one attached hydrogen (secondary N) is 3. The zero-order valence-corrected chi connectivity index (χ0v) is 29.2. The smallest absolute Gasteiger partial charge is 0.0795 e. The summed E-state index contributed by atoms with van der Waals surface area (Å²) in [6, 6.07) is 28.2. The molecule has 1 unspecified atom stereocenters. The number of hydrogen-bond acceptors (Lipinski definition) is 7. The normalized spacial score (nSPS) is 21.1. The molecule has 0 amide bonds. The maximum Gasteiger partial charge on any atom is 0.0795 e. The third kappa shape index (κ3) is 7.73. The van der Waals surface area contributed by atoms with E-state index < -0.39 is 0 Å². The number of rotatable bonds is 7. The molecule has 3 N–H and O–H groups in total. The molecule has 3 saturated heterocycles. The maximum atomic E-state index is 8.55. The Bertz CT molecular complexity index is 1690. The van der Waals surface area contributed by atoms with Gasteiger partial charge in [-0.1, -0.05) is 69.5 Å². The van der Waals surface area contributed by atoms with Crippen LogP contribution in [0.3, 0.4) is 0 Å². The highest BCUT2D eigenvalue weighted by molar-refractivity contribution is 6.18. The number of benzene rings is 3. The Morgan fingerprint density at radius 2 is 1.35 bits per heavy atom. The maximum absolute atomic E-state index is 8.55. The first-order valence-electron chi connectivity index (χ1n) is 17.9. The van der Waals surface area contributed by atoms with Gasteiger partial charge in [0.2, 0.25) is 0 Å². The second-order valence-corrected chi connectivity index (χ2v) is 13.1. The second kappa shape index (κ2) is 15.6. The Morgan fingerprint density at radius 3 is 1.98 bits per heavy atom. The van der Waals surface area contributed by atoms with E-state index in [1.165, 1.54) is 29.8 Å². The lowest BCUT2D eigenvalue weighted by molar-refractivity contribution is 0.160. The van der Waals surface area contributed by atoms with Crippen LogP contribution in [-0.4, -0.2) is 61.6 Å². The molecule has 1 atom stereocenters. The molecule has 0 bridgehead atoms. The molecule has 3 fully saturated rings. The van der Waals surface area contributed by atoms with Crippen molar-refractivity contribution in [3.63, 3.8) is 0 Å². The molecule has 0 aromatic heterocycles. The van der Waals surface area contributed by atoms with Crippen molar-refractivity contribution in [1.29, 1.82) is 10.8 Å². The Hall–Kier alpha value is -4.88. The lowest BCUT2D eigenvalue weighted by atomic mass is 9.88. The highest BCUT2D eigenvalue weighted by atomic mass is 15.3. The van der Waals surface area contributed by atoms with Crippen LogP contribution in [0.1, 0.15) is 56.6 Å². The molecule has 4 aliphatic heterocycles. The molecule has 0 spiro atoms. The fraction of sp³-hybridized carbons (Fsp3) is 0.333. The first kappa shape index (κ1) is 34.0.